The van der Waals surface area contributed by atoms with Crippen molar-refractivity contribution in [1.29, 1.82) is 0 Å². The Hall–Kier alpha value is -0.900. The van der Waals surface area contributed by atoms with E-state index in [1.807, 2.05) is 0 Å². The standard InChI is InChI=1S/C15H27N3O/c1-4-9-16-10-14-17-15(18-19-14)13-7-5-12(6-8-13)11(2)3/h11-13,16H,4-10H2,1-3H3. The van der Waals surface area contributed by atoms with Crippen molar-refractivity contribution < 1.29 is 4.52 Å². The molecule has 1 aliphatic carbocycles. The maximum Gasteiger partial charge on any atom is 0.240 e. The van der Waals surface area contributed by atoms with E-state index >= 15 is 0 Å². The number of aromatic nitrogens is 2. The van der Waals surface area contributed by atoms with Gasteiger partial charge in [-0.1, -0.05) is 25.9 Å². The average molecular weight is 265 g/mol. The normalized spacial score (nSPS) is 24.0. The van der Waals surface area contributed by atoms with E-state index in [-0.39, 0.29) is 0 Å². The highest BCUT2D eigenvalue weighted by Crippen LogP contribution is 2.37. The van der Waals surface area contributed by atoms with Crippen LogP contribution in [0.5, 0.6) is 0 Å². The minimum absolute atomic E-state index is 0.513. The molecule has 1 N–H and O–H groups in total. The van der Waals surface area contributed by atoms with Crippen molar-refractivity contribution in [2.75, 3.05) is 6.54 Å². The third-order valence-electron chi connectivity index (χ3n) is 4.27. The third-order valence-corrected chi connectivity index (χ3v) is 4.27. The van der Waals surface area contributed by atoms with E-state index in [2.05, 4.69) is 36.2 Å². The van der Waals surface area contributed by atoms with Gasteiger partial charge in [0.25, 0.3) is 0 Å². The quantitative estimate of drug-likeness (QED) is 0.800. The fourth-order valence-electron chi connectivity index (χ4n) is 2.92. The van der Waals surface area contributed by atoms with Crippen LogP contribution in [0.25, 0.3) is 0 Å². The Bertz CT molecular complexity index is 367. The highest BCUT2D eigenvalue weighted by Gasteiger charge is 2.27. The second-order valence-corrected chi connectivity index (χ2v) is 6.08. The highest BCUT2D eigenvalue weighted by atomic mass is 16.5. The fourth-order valence-corrected chi connectivity index (χ4v) is 2.92. The van der Waals surface area contributed by atoms with E-state index in [1.165, 1.54) is 25.7 Å². The van der Waals surface area contributed by atoms with E-state index in [9.17, 15) is 0 Å². The summed E-state index contributed by atoms with van der Waals surface area (Å²) in [6.45, 7) is 8.51. The van der Waals surface area contributed by atoms with Gasteiger partial charge in [0.1, 0.15) is 0 Å². The van der Waals surface area contributed by atoms with Crippen LogP contribution in [-0.4, -0.2) is 16.7 Å². The van der Waals surface area contributed by atoms with E-state index < -0.39 is 0 Å². The predicted molar refractivity (Wildman–Crippen MR) is 75.8 cm³/mol. The average Bonchev–Trinajstić information content (AvgIpc) is 2.88. The Labute approximate surface area is 116 Å². The first-order valence-electron chi connectivity index (χ1n) is 7.73. The summed E-state index contributed by atoms with van der Waals surface area (Å²) in [6.07, 6.45) is 6.16. The number of hydrogen-bond acceptors (Lipinski definition) is 4. The molecular formula is C15H27N3O. The van der Waals surface area contributed by atoms with Crippen LogP contribution in [0, 0.1) is 11.8 Å². The zero-order chi connectivity index (χ0) is 13.7. The molecule has 19 heavy (non-hydrogen) atoms. The number of nitrogens with one attached hydrogen (secondary N) is 1. The molecule has 0 amide bonds. The van der Waals surface area contributed by atoms with Gasteiger partial charge in [-0.25, -0.2) is 0 Å². The minimum atomic E-state index is 0.513. The molecule has 0 unspecified atom stereocenters. The van der Waals surface area contributed by atoms with Crippen LogP contribution in [-0.2, 0) is 6.54 Å². The maximum atomic E-state index is 5.32. The molecule has 1 heterocycles. The molecule has 1 aliphatic rings. The summed E-state index contributed by atoms with van der Waals surface area (Å²) < 4.78 is 5.32. The zero-order valence-electron chi connectivity index (χ0n) is 12.5. The van der Waals surface area contributed by atoms with Crippen molar-refractivity contribution in [3.63, 3.8) is 0 Å². The molecule has 0 spiro atoms. The minimum Gasteiger partial charge on any atom is -0.338 e. The van der Waals surface area contributed by atoms with Crippen LogP contribution in [0.3, 0.4) is 0 Å². The van der Waals surface area contributed by atoms with Crippen LogP contribution in [0.1, 0.15) is 70.5 Å². The summed E-state index contributed by atoms with van der Waals surface area (Å²) in [5.74, 6) is 3.86. The molecule has 0 aliphatic heterocycles. The van der Waals surface area contributed by atoms with Gasteiger partial charge in [0.15, 0.2) is 5.82 Å². The van der Waals surface area contributed by atoms with Gasteiger partial charge in [0.05, 0.1) is 6.54 Å². The molecule has 4 heteroatoms. The zero-order valence-corrected chi connectivity index (χ0v) is 12.5. The van der Waals surface area contributed by atoms with Crippen molar-refractivity contribution in [3.8, 4) is 0 Å². The van der Waals surface area contributed by atoms with Crippen molar-refractivity contribution in [3.05, 3.63) is 11.7 Å². The van der Waals surface area contributed by atoms with E-state index in [0.717, 1.165) is 36.5 Å². The summed E-state index contributed by atoms with van der Waals surface area (Å²) in [5.41, 5.74) is 0. The molecule has 108 valence electrons. The second kappa shape index (κ2) is 7.04. The molecule has 1 aromatic heterocycles. The van der Waals surface area contributed by atoms with Crippen LogP contribution in [0.15, 0.2) is 4.52 Å². The molecule has 0 saturated heterocycles. The molecule has 0 atom stereocenters. The summed E-state index contributed by atoms with van der Waals surface area (Å²) in [6, 6.07) is 0. The van der Waals surface area contributed by atoms with Crippen molar-refractivity contribution >= 4 is 0 Å². The fraction of sp³-hybridized carbons (Fsp3) is 0.867. The Morgan fingerprint density at radius 2 is 2.00 bits per heavy atom. The SMILES string of the molecule is CCCNCc1nc(C2CCC(C(C)C)CC2)no1. The topological polar surface area (TPSA) is 51.0 Å². The summed E-state index contributed by atoms with van der Waals surface area (Å²) in [5, 5.41) is 7.46. The van der Waals surface area contributed by atoms with E-state index in [4.69, 9.17) is 4.52 Å². The van der Waals surface area contributed by atoms with Crippen LogP contribution in [0.4, 0.5) is 0 Å². The Morgan fingerprint density at radius 1 is 1.26 bits per heavy atom. The molecule has 0 aromatic carbocycles. The monoisotopic (exact) mass is 265 g/mol. The first-order chi connectivity index (χ1) is 9.20. The smallest absolute Gasteiger partial charge is 0.240 e. The number of hydrogen-bond donors (Lipinski definition) is 1. The van der Waals surface area contributed by atoms with Gasteiger partial charge in [0.2, 0.25) is 5.89 Å². The van der Waals surface area contributed by atoms with Gasteiger partial charge in [-0.3, -0.25) is 0 Å². The molecule has 4 nitrogen and oxygen atoms in total. The van der Waals surface area contributed by atoms with Gasteiger partial charge >= 0.3 is 0 Å². The van der Waals surface area contributed by atoms with Gasteiger partial charge < -0.3 is 9.84 Å². The van der Waals surface area contributed by atoms with Gasteiger partial charge in [-0.2, -0.15) is 4.98 Å². The number of rotatable bonds is 6. The molecule has 1 fully saturated rings. The molecule has 0 radical (unpaired) electrons. The second-order valence-electron chi connectivity index (χ2n) is 6.08. The van der Waals surface area contributed by atoms with E-state index in [0.29, 0.717) is 12.5 Å². The van der Waals surface area contributed by atoms with Crippen LogP contribution in [0.2, 0.25) is 0 Å². The van der Waals surface area contributed by atoms with Crippen molar-refractivity contribution in [2.24, 2.45) is 11.8 Å². The maximum absolute atomic E-state index is 5.32. The predicted octanol–water partition coefficient (Wildman–Crippen LogP) is 3.50. The van der Waals surface area contributed by atoms with Gasteiger partial charge in [0, 0.05) is 5.92 Å². The first-order valence-corrected chi connectivity index (χ1v) is 7.73. The largest absolute Gasteiger partial charge is 0.338 e. The lowest BCUT2D eigenvalue weighted by molar-refractivity contribution is 0.251. The lowest BCUT2D eigenvalue weighted by Crippen LogP contribution is -2.18. The highest BCUT2D eigenvalue weighted by molar-refractivity contribution is 4.97. The number of nitrogens with zero attached hydrogens (tertiary/aromatic N) is 2. The first kappa shape index (κ1) is 14.5. The Balaban J connectivity index is 1.82. The van der Waals surface area contributed by atoms with Crippen molar-refractivity contribution in [1.82, 2.24) is 15.5 Å². The lowest BCUT2D eigenvalue weighted by Gasteiger charge is -2.29. The third kappa shape index (κ3) is 4.03. The molecule has 0 bridgehead atoms. The molecular weight excluding hydrogens is 238 g/mol. The Kier molecular flexibility index (Phi) is 5.37. The van der Waals surface area contributed by atoms with Gasteiger partial charge in [-0.05, 0) is 50.5 Å². The molecule has 1 saturated carbocycles. The molecule has 2 rings (SSSR count). The van der Waals surface area contributed by atoms with Crippen LogP contribution >= 0.6 is 0 Å². The van der Waals surface area contributed by atoms with Gasteiger partial charge in [-0.15, -0.1) is 0 Å². The van der Waals surface area contributed by atoms with Crippen molar-refractivity contribution in [2.45, 2.75) is 65.3 Å². The van der Waals surface area contributed by atoms with E-state index in [1.54, 1.807) is 0 Å². The summed E-state index contributed by atoms with van der Waals surface area (Å²) in [7, 11) is 0. The summed E-state index contributed by atoms with van der Waals surface area (Å²) in [4.78, 5) is 4.54. The van der Waals surface area contributed by atoms with Crippen LogP contribution < -0.4 is 5.32 Å². The lowest BCUT2D eigenvalue weighted by atomic mass is 9.77. The Morgan fingerprint density at radius 3 is 2.63 bits per heavy atom. The molecule has 1 aromatic rings. The summed E-state index contributed by atoms with van der Waals surface area (Å²) >= 11 is 0.